The van der Waals surface area contributed by atoms with E-state index in [1.807, 2.05) is 13.1 Å². The lowest BCUT2D eigenvalue weighted by Crippen LogP contribution is -2.42. The van der Waals surface area contributed by atoms with E-state index in [1.54, 1.807) is 11.3 Å². The summed E-state index contributed by atoms with van der Waals surface area (Å²) < 4.78 is 0. The fraction of sp³-hybridized carbons (Fsp3) is 0.769. The molecule has 0 saturated heterocycles. The number of thiazole rings is 1. The minimum Gasteiger partial charge on any atom is -0.389 e. The van der Waals surface area contributed by atoms with Gasteiger partial charge in [0.1, 0.15) is 0 Å². The van der Waals surface area contributed by atoms with E-state index >= 15 is 0 Å². The summed E-state index contributed by atoms with van der Waals surface area (Å²) in [7, 11) is 0. The summed E-state index contributed by atoms with van der Waals surface area (Å²) in [5.74, 6) is 0. The van der Waals surface area contributed by atoms with Gasteiger partial charge in [0, 0.05) is 23.7 Å². The summed E-state index contributed by atoms with van der Waals surface area (Å²) in [5, 5.41) is 14.9. The van der Waals surface area contributed by atoms with Gasteiger partial charge in [-0.05, 0) is 26.7 Å². The van der Waals surface area contributed by atoms with E-state index in [2.05, 4.69) is 17.2 Å². The third-order valence-electron chi connectivity index (χ3n) is 3.59. The molecule has 96 valence electrons. The molecule has 1 aromatic rings. The van der Waals surface area contributed by atoms with E-state index in [9.17, 15) is 5.11 Å². The van der Waals surface area contributed by atoms with E-state index in [4.69, 9.17) is 0 Å². The average molecular weight is 254 g/mol. The molecule has 1 fully saturated rings. The lowest BCUT2D eigenvalue weighted by molar-refractivity contribution is 0.00307. The minimum atomic E-state index is -0.480. The predicted octanol–water partition coefficient (Wildman–Crippen LogP) is 2.80. The van der Waals surface area contributed by atoms with Crippen LogP contribution in [0.1, 0.15) is 55.0 Å². The van der Waals surface area contributed by atoms with E-state index in [1.165, 1.54) is 11.3 Å². The standard InChI is InChI=1S/C13H22N2OS/c1-10(12-8-14-11(2)17-12)15-9-13(16)6-4-3-5-7-13/h8,10,15-16H,3-7,9H2,1-2H3. The van der Waals surface area contributed by atoms with Crippen molar-refractivity contribution in [2.24, 2.45) is 0 Å². The molecule has 3 nitrogen and oxygen atoms in total. The second kappa shape index (κ2) is 5.46. The molecule has 2 N–H and O–H groups in total. The Balaban J connectivity index is 1.85. The Bertz CT molecular complexity index is 358. The van der Waals surface area contributed by atoms with Crippen molar-refractivity contribution >= 4 is 11.3 Å². The molecule has 1 atom stereocenters. The smallest absolute Gasteiger partial charge is 0.0897 e. The molecule has 17 heavy (non-hydrogen) atoms. The highest BCUT2D eigenvalue weighted by atomic mass is 32.1. The van der Waals surface area contributed by atoms with Crippen molar-refractivity contribution in [1.29, 1.82) is 0 Å². The SMILES string of the molecule is Cc1ncc(C(C)NCC2(O)CCCCC2)s1. The molecular weight excluding hydrogens is 232 g/mol. The second-order valence-electron chi connectivity index (χ2n) is 5.17. The molecule has 0 spiro atoms. The normalized spacial score (nSPS) is 21.4. The Morgan fingerprint density at radius 2 is 2.18 bits per heavy atom. The highest BCUT2D eigenvalue weighted by Gasteiger charge is 2.29. The van der Waals surface area contributed by atoms with Crippen LogP contribution in [-0.4, -0.2) is 22.2 Å². The number of nitrogens with zero attached hydrogens (tertiary/aromatic N) is 1. The molecule has 0 radical (unpaired) electrons. The van der Waals surface area contributed by atoms with Gasteiger partial charge in [-0.15, -0.1) is 11.3 Å². The molecule has 1 aliphatic carbocycles. The first-order chi connectivity index (χ1) is 8.09. The van der Waals surface area contributed by atoms with E-state index in [0.29, 0.717) is 6.54 Å². The van der Waals surface area contributed by atoms with Gasteiger partial charge in [0.2, 0.25) is 0 Å². The minimum absolute atomic E-state index is 0.284. The third-order valence-corrected chi connectivity index (χ3v) is 4.68. The molecule has 1 heterocycles. The molecule has 1 aliphatic rings. The lowest BCUT2D eigenvalue weighted by atomic mass is 9.85. The van der Waals surface area contributed by atoms with E-state index in [0.717, 1.165) is 30.7 Å². The Morgan fingerprint density at radius 1 is 1.47 bits per heavy atom. The van der Waals surface area contributed by atoms with Crippen LogP contribution in [0, 0.1) is 6.92 Å². The predicted molar refractivity (Wildman–Crippen MR) is 71.3 cm³/mol. The number of aliphatic hydroxyl groups is 1. The van der Waals surface area contributed by atoms with Crippen LogP contribution in [-0.2, 0) is 0 Å². The van der Waals surface area contributed by atoms with Crippen molar-refractivity contribution in [3.63, 3.8) is 0 Å². The van der Waals surface area contributed by atoms with Crippen LogP contribution in [0.4, 0.5) is 0 Å². The Kier molecular flexibility index (Phi) is 4.17. The van der Waals surface area contributed by atoms with Gasteiger partial charge >= 0.3 is 0 Å². The van der Waals surface area contributed by atoms with Crippen LogP contribution < -0.4 is 5.32 Å². The zero-order chi connectivity index (χ0) is 12.3. The summed E-state index contributed by atoms with van der Waals surface area (Å²) in [4.78, 5) is 5.52. The molecule has 2 rings (SSSR count). The fourth-order valence-electron chi connectivity index (χ4n) is 2.41. The number of nitrogens with one attached hydrogen (secondary N) is 1. The summed E-state index contributed by atoms with van der Waals surface area (Å²) in [6.45, 7) is 4.86. The van der Waals surface area contributed by atoms with Crippen molar-refractivity contribution in [3.8, 4) is 0 Å². The molecule has 0 amide bonds. The molecular formula is C13H22N2OS. The third kappa shape index (κ3) is 3.50. The molecule has 1 aromatic heterocycles. The zero-order valence-corrected chi connectivity index (χ0v) is 11.5. The van der Waals surface area contributed by atoms with Crippen LogP contribution in [0.3, 0.4) is 0 Å². The molecule has 0 aliphatic heterocycles. The lowest BCUT2D eigenvalue weighted by Gasteiger charge is -2.33. The molecule has 0 aromatic carbocycles. The summed E-state index contributed by atoms with van der Waals surface area (Å²) >= 11 is 1.73. The highest BCUT2D eigenvalue weighted by Crippen LogP contribution is 2.28. The van der Waals surface area contributed by atoms with Crippen LogP contribution in [0.15, 0.2) is 6.20 Å². The second-order valence-corrected chi connectivity index (χ2v) is 6.44. The molecule has 1 saturated carbocycles. The van der Waals surface area contributed by atoms with Gasteiger partial charge in [0.05, 0.1) is 10.6 Å². The maximum atomic E-state index is 10.4. The quantitative estimate of drug-likeness (QED) is 0.868. The highest BCUT2D eigenvalue weighted by molar-refractivity contribution is 7.11. The van der Waals surface area contributed by atoms with Crippen molar-refractivity contribution in [1.82, 2.24) is 10.3 Å². The van der Waals surface area contributed by atoms with Gasteiger partial charge in [0.25, 0.3) is 0 Å². The number of aromatic nitrogens is 1. The molecule has 0 bridgehead atoms. The van der Waals surface area contributed by atoms with Crippen molar-refractivity contribution in [3.05, 3.63) is 16.1 Å². The number of rotatable bonds is 4. The first-order valence-corrected chi connectivity index (χ1v) is 7.29. The van der Waals surface area contributed by atoms with Gasteiger partial charge in [0.15, 0.2) is 0 Å². The van der Waals surface area contributed by atoms with E-state index in [-0.39, 0.29) is 6.04 Å². The summed E-state index contributed by atoms with van der Waals surface area (Å²) in [6.07, 6.45) is 7.40. The topological polar surface area (TPSA) is 45.2 Å². The van der Waals surface area contributed by atoms with Crippen LogP contribution >= 0.6 is 11.3 Å². The number of hydrogen-bond acceptors (Lipinski definition) is 4. The number of aryl methyl sites for hydroxylation is 1. The van der Waals surface area contributed by atoms with Gasteiger partial charge < -0.3 is 10.4 Å². The number of hydrogen-bond donors (Lipinski definition) is 2. The average Bonchev–Trinajstić information content (AvgIpc) is 2.74. The van der Waals surface area contributed by atoms with Crippen LogP contribution in [0.2, 0.25) is 0 Å². The Labute approximate surface area is 107 Å². The van der Waals surface area contributed by atoms with Gasteiger partial charge in [-0.2, -0.15) is 0 Å². The molecule has 1 unspecified atom stereocenters. The molecule has 4 heteroatoms. The summed E-state index contributed by atoms with van der Waals surface area (Å²) in [5.41, 5.74) is -0.480. The maximum absolute atomic E-state index is 10.4. The van der Waals surface area contributed by atoms with E-state index < -0.39 is 5.60 Å². The Hall–Kier alpha value is -0.450. The Morgan fingerprint density at radius 3 is 2.76 bits per heavy atom. The van der Waals surface area contributed by atoms with Crippen molar-refractivity contribution in [2.45, 2.75) is 57.6 Å². The van der Waals surface area contributed by atoms with Crippen LogP contribution in [0.25, 0.3) is 0 Å². The van der Waals surface area contributed by atoms with Gasteiger partial charge in [-0.3, -0.25) is 0 Å². The first kappa shape index (κ1) is 13.0. The largest absolute Gasteiger partial charge is 0.389 e. The first-order valence-electron chi connectivity index (χ1n) is 6.47. The van der Waals surface area contributed by atoms with Crippen molar-refractivity contribution < 1.29 is 5.11 Å². The summed E-state index contributed by atoms with van der Waals surface area (Å²) in [6, 6.07) is 0.284. The van der Waals surface area contributed by atoms with Gasteiger partial charge in [-0.1, -0.05) is 19.3 Å². The van der Waals surface area contributed by atoms with Gasteiger partial charge in [-0.25, -0.2) is 4.98 Å². The fourth-order valence-corrected chi connectivity index (χ4v) is 3.22. The van der Waals surface area contributed by atoms with Crippen LogP contribution in [0.5, 0.6) is 0 Å². The zero-order valence-electron chi connectivity index (χ0n) is 10.7. The van der Waals surface area contributed by atoms with Crippen molar-refractivity contribution in [2.75, 3.05) is 6.54 Å². The monoisotopic (exact) mass is 254 g/mol. The maximum Gasteiger partial charge on any atom is 0.0897 e.